The van der Waals surface area contributed by atoms with Crippen LogP contribution in [0, 0.1) is 0 Å². The van der Waals surface area contributed by atoms with E-state index in [9.17, 15) is 24.2 Å². The van der Waals surface area contributed by atoms with Crippen LogP contribution in [0.25, 0.3) is 0 Å². The molecule has 10 heteroatoms. The highest BCUT2D eigenvalue weighted by molar-refractivity contribution is 7.47. The first kappa shape index (κ1) is 59.0. The Morgan fingerprint density at radius 1 is 0.508 bits per heavy atom. The summed E-state index contributed by atoms with van der Waals surface area (Å²) in [6, 6.07) is 0. The van der Waals surface area contributed by atoms with Gasteiger partial charge in [0.05, 0.1) is 13.2 Å². The molecule has 0 heterocycles. The van der Waals surface area contributed by atoms with Crippen molar-refractivity contribution < 1.29 is 37.9 Å². The highest BCUT2D eigenvalue weighted by atomic mass is 31.2. The summed E-state index contributed by atoms with van der Waals surface area (Å²) in [5.41, 5.74) is 0. The van der Waals surface area contributed by atoms with Crippen LogP contribution < -0.4 is 5.32 Å². The van der Waals surface area contributed by atoms with Gasteiger partial charge in [0.25, 0.3) is 0 Å². The van der Waals surface area contributed by atoms with Crippen LogP contribution in [-0.2, 0) is 27.9 Å². The molecule has 3 N–H and O–H groups in total. The molecule has 1 amide bonds. The molecule has 0 aromatic rings. The Morgan fingerprint density at radius 2 is 0.885 bits per heavy atom. The summed E-state index contributed by atoms with van der Waals surface area (Å²) >= 11 is 0. The van der Waals surface area contributed by atoms with Crippen LogP contribution in [0.5, 0.6) is 0 Å². The second-order valence-corrected chi connectivity index (χ2v) is 18.2. The van der Waals surface area contributed by atoms with Gasteiger partial charge in [-0.1, -0.05) is 210 Å². The Bertz CT molecular complexity index is 1140. The molecule has 2 unspecified atom stereocenters. The maximum atomic E-state index is 12.1. The predicted octanol–water partition coefficient (Wildman–Crippen LogP) is 14.7. The van der Waals surface area contributed by atoms with Crippen molar-refractivity contribution in [3.8, 4) is 0 Å². The zero-order chi connectivity index (χ0) is 44.6. The van der Waals surface area contributed by atoms with E-state index >= 15 is 0 Å². The first-order valence-electron chi connectivity index (χ1n) is 25.1. The van der Waals surface area contributed by atoms with Crippen LogP contribution in [-0.4, -0.2) is 54.3 Å². The second kappa shape index (κ2) is 47.4. The molecule has 0 radical (unpaired) electrons. The summed E-state index contributed by atoms with van der Waals surface area (Å²) in [6.45, 7) is 3.53. The minimum absolute atomic E-state index is 0.0709. The maximum absolute atomic E-state index is 12.1. The monoisotopic (exact) mass is 880 g/mol. The van der Waals surface area contributed by atoms with Gasteiger partial charge in [-0.15, -0.1) is 0 Å². The molecule has 0 saturated heterocycles. The van der Waals surface area contributed by atoms with E-state index in [0.717, 1.165) is 77.0 Å². The first-order chi connectivity index (χ1) is 29.8. The normalized spacial score (nSPS) is 13.6. The molecular weight excluding hydrogens is 786 g/mol. The number of rotatable bonds is 47. The number of carbonyl (C=O) groups excluding carboxylic acids is 2. The third-order valence-electron chi connectivity index (χ3n) is 10.8. The summed E-state index contributed by atoms with van der Waals surface area (Å²) < 4.78 is 27.0. The average molecular weight is 880 g/mol. The number of amides is 1. The number of hydrogen-bond acceptors (Lipinski definition) is 7. The number of nitrogens with one attached hydrogen (secondary N) is 1. The van der Waals surface area contributed by atoms with Crippen LogP contribution in [0.3, 0.4) is 0 Å². The van der Waals surface area contributed by atoms with E-state index in [4.69, 9.17) is 13.8 Å². The summed E-state index contributed by atoms with van der Waals surface area (Å²) in [7, 11) is -4.43. The van der Waals surface area contributed by atoms with Crippen molar-refractivity contribution in [2.45, 2.75) is 238 Å². The molecule has 2 atom stereocenters. The van der Waals surface area contributed by atoms with E-state index in [1.54, 1.807) is 0 Å². The molecule has 356 valence electrons. The van der Waals surface area contributed by atoms with Gasteiger partial charge in [0.15, 0.2) is 0 Å². The van der Waals surface area contributed by atoms with Gasteiger partial charge in [-0.2, -0.15) is 0 Å². The standard InChI is InChI=1S/C51H94NO8P/c1-3-5-7-9-11-13-15-17-19-21-23-24-26-27-29-31-33-35-37-39-41-43-50(54)52-45-46-59-61(56,57)60-48-49(53)47-58-51(55)44-42-40-38-36-34-32-30-28-25-22-20-18-16-14-12-10-8-6-4-2/h11,13,17,19,23-24,27,29,49,53H,3-10,12,14-16,18,20-22,25-26,28,30-48H2,1-2H3,(H,52,54)(H,56,57)/b13-11-,19-17-,24-23-,29-27-. The highest BCUT2D eigenvalue weighted by Crippen LogP contribution is 2.42. The Kier molecular flexibility index (Phi) is 45.9. The van der Waals surface area contributed by atoms with Gasteiger partial charge in [-0.05, 0) is 57.8 Å². The van der Waals surface area contributed by atoms with Crippen molar-refractivity contribution in [3.63, 3.8) is 0 Å². The number of aliphatic hydroxyl groups excluding tert-OH is 1. The number of allylic oxidation sites excluding steroid dienone is 8. The molecule has 0 bridgehead atoms. The number of phosphoric ester groups is 1. The number of esters is 1. The smallest absolute Gasteiger partial charge is 0.463 e. The first-order valence-corrected chi connectivity index (χ1v) is 26.6. The molecule has 0 aromatic heterocycles. The minimum Gasteiger partial charge on any atom is -0.463 e. The third-order valence-corrected chi connectivity index (χ3v) is 11.7. The zero-order valence-electron chi connectivity index (χ0n) is 39.4. The van der Waals surface area contributed by atoms with Gasteiger partial charge in [-0.25, -0.2) is 4.57 Å². The van der Waals surface area contributed by atoms with Crippen molar-refractivity contribution >= 4 is 19.7 Å². The van der Waals surface area contributed by atoms with Crippen molar-refractivity contribution in [2.75, 3.05) is 26.4 Å². The SMILES string of the molecule is CCCCC/C=C\C/C=C\C/C=C\C/C=C\CCCCCCCC(=O)NCCOP(=O)(O)OCC(O)COC(=O)CCCCCCCCCCCCCCCCCCCCC. The van der Waals surface area contributed by atoms with Crippen molar-refractivity contribution in [1.82, 2.24) is 5.32 Å². The van der Waals surface area contributed by atoms with Gasteiger partial charge >= 0.3 is 13.8 Å². The Labute approximate surface area is 375 Å². The Balaban J connectivity index is 3.59. The van der Waals surface area contributed by atoms with Crippen molar-refractivity contribution in [2.24, 2.45) is 0 Å². The van der Waals surface area contributed by atoms with Crippen LogP contribution in [0.4, 0.5) is 0 Å². The zero-order valence-corrected chi connectivity index (χ0v) is 40.3. The molecule has 0 aliphatic rings. The molecule has 61 heavy (non-hydrogen) atoms. The van der Waals surface area contributed by atoms with Crippen LogP contribution in [0.15, 0.2) is 48.6 Å². The topological polar surface area (TPSA) is 131 Å². The summed E-state index contributed by atoms with van der Waals surface area (Å²) in [4.78, 5) is 34.0. The Morgan fingerprint density at radius 3 is 1.36 bits per heavy atom. The highest BCUT2D eigenvalue weighted by Gasteiger charge is 2.23. The summed E-state index contributed by atoms with van der Waals surface area (Å²) in [5.74, 6) is -0.528. The van der Waals surface area contributed by atoms with E-state index in [2.05, 4.69) is 67.8 Å². The fourth-order valence-electron chi connectivity index (χ4n) is 6.95. The van der Waals surface area contributed by atoms with Crippen LogP contribution in [0.1, 0.15) is 232 Å². The van der Waals surface area contributed by atoms with E-state index in [1.807, 2.05) is 0 Å². The van der Waals surface area contributed by atoms with Crippen LogP contribution >= 0.6 is 7.82 Å². The lowest BCUT2D eigenvalue weighted by atomic mass is 10.0. The molecule has 0 spiro atoms. The summed E-state index contributed by atoms with van der Waals surface area (Å²) in [6.07, 6.45) is 56.1. The van der Waals surface area contributed by atoms with Crippen molar-refractivity contribution in [3.05, 3.63) is 48.6 Å². The van der Waals surface area contributed by atoms with Crippen molar-refractivity contribution in [1.29, 1.82) is 0 Å². The molecule has 0 aliphatic carbocycles. The predicted molar refractivity (Wildman–Crippen MR) is 257 cm³/mol. The van der Waals surface area contributed by atoms with Gasteiger partial charge in [-0.3, -0.25) is 18.6 Å². The number of unbranched alkanes of at least 4 members (excludes halogenated alkanes) is 26. The fraction of sp³-hybridized carbons (Fsp3) is 0.804. The van der Waals surface area contributed by atoms with Gasteiger partial charge in [0.2, 0.25) is 5.91 Å². The van der Waals surface area contributed by atoms with E-state index in [0.29, 0.717) is 6.42 Å². The molecule has 0 saturated carbocycles. The molecular formula is C51H94NO8P. The largest absolute Gasteiger partial charge is 0.472 e. The molecule has 0 aliphatic heterocycles. The minimum atomic E-state index is -4.43. The number of hydrogen-bond donors (Lipinski definition) is 3. The number of phosphoric acid groups is 1. The van der Waals surface area contributed by atoms with Gasteiger partial charge < -0.3 is 20.1 Å². The number of aliphatic hydroxyl groups is 1. The molecule has 0 rings (SSSR count). The quantitative estimate of drug-likeness (QED) is 0.0238. The van der Waals surface area contributed by atoms with E-state index in [-0.39, 0.29) is 32.1 Å². The average Bonchev–Trinajstić information content (AvgIpc) is 3.25. The van der Waals surface area contributed by atoms with Crippen LogP contribution in [0.2, 0.25) is 0 Å². The Hall–Kier alpha value is -2.03. The molecule has 0 fully saturated rings. The maximum Gasteiger partial charge on any atom is 0.472 e. The van der Waals surface area contributed by atoms with E-state index in [1.165, 1.54) is 128 Å². The van der Waals surface area contributed by atoms with Gasteiger partial charge in [0.1, 0.15) is 12.7 Å². The number of carbonyl (C=O) groups is 2. The second-order valence-electron chi connectivity index (χ2n) is 16.8. The fourth-order valence-corrected chi connectivity index (χ4v) is 7.71. The summed E-state index contributed by atoms with van der Waals surface area (Å²) in [5, 5.41) is 12.7. The van der Waals surface area contributed by atoms with Gasteiger partial charge in [0, 0.05) is 19.4 Å². The number of ether oxygens (including phenoxy) is 1. The van der Waals surface area contributed by atoms with E-state index < -0.39 is 26.5 Å². The lowest BCUT2D eigenvalue weighted by molar-refractivity contribution is -0.147. The molecule has 0 aromatic carbocycles. The lowest BCUT2D eigenvalue weighted by Gasteiger charge is -2.15. The lowest BCUT2D eigenvalue weighted by Crippen LogP contribution is -2.27. The third kappa shape index (κ3) is 48.9. The molecule has 9 nitrogen and oxygen atoms in total.